The van der Waals surface area contributed by atoms with Crippen molar-refractivity contribution in [3.63, 3.8) is 0 Å². The topological polar surface area (TPSA) is 15.3 Å². The number of hydrogen-bond acceptors (Lipinski definition) is 2. The van der Waals surface area contributed by atoms with Crippen molar-refractivity contribution in [3.05, 3.63) is 0 Å². The zero-order valence-corrected chi connectivity index (χ0v) is 7.06. The van der Waals surface area contributed by atoms with Crippen LogP contribution < -0.4 is 5.32 Å². The Balaban J connectivity index is 1.85. The van der Waals surface area contributed by atoms with Crippen molar-refractivity contribution in [1.29, 1.82) is 0 Å². The quantitative estimate of drug-likeness (QED) is 0.621. The normalized spacial score (nSPS) is 19.5. The predicted molar refractivity (Wildman–Crippen MR) is 44.2 cm³/mol. The van der Waals surface area contributed by atoms with Gasteiger partial charge in [-0.3, -0.25) is 0 Å². The van der Waals surface area contributed by atoms with Gasteiger partial charge >= 0.3 is 0 Å². The van der Waals surface area contributed by atoms with Crippen LogP contribution in [0.25, 0.3) is 0 Å². The van der Waals surface area contributed by atoms with Gasteiger partial charge in [-0.05, 0) is 19.5 Å². The van der Waals surface area contributed by atoms with E-state index in [1.54, 1.807) is 0 Å². The van der Waals surface area contributed by atoms with Crippen LogP contribution in [0.5, 0.6) is 0 Å². The van der Waals surface area contributed by atoms with Crippen LogP contribution in [0.15, 0.2) is 0 Å². The molecule has 1 fully saturated rings. The van der Waals surface area contributed by atoms with Crippen LogP contribution in [0.1, 0.15) is 20.3 Å². The molecule has 0 radical (unpaired) electrons. The van der Waals surface area contributed by atoms with E-state index in [4.69, 9.17) is 0 Å². The van der Waals surface area contributed by atoms with Crippen LogP contribution >= 0.6 is 0 Å². The second kappa shape index (κ2) is 3.94. The Bertz CT molecular complexity index is 87.3. The minimum absolute atomic E-state index is 0.640. The van der Waals surface area contributed by atoms with Crippen LogP contribution in [0.2, 0.25) is 0 Å². The molecule has 0 aromatic carbocycles. The van der Waals surface area contributed by atoms with Crippen molar-refractivity contribution in [2.75, 3.05) is 26.2 Å². The lowest BCUT2D eigenvalue weighted by atomic mass is 10.2. The van der Waals surface area contributed by atoms with Gasteiger partial charge in [-0.15, -0.1) is 0 Å². The summed E-state index contributed by atoms with van der Waals surface area (Å²) in [4.78, 5) is 2.48. The Morgan fingerprint density at radius 3 is 2.50 bits per heavy atom. The zero-order valence-electron chi connectivity index (χ0n) is 7.06. The number of hydrogen-bond donors (Lipinski definition) is 1. The summed E-state index contributed by atoms with van der Waals surface area (Å²) in [6.07, 6.45) is 1.40. The van der Waals surface area contributed by atoms with E-state index < -0.39 is 0 Å². The smallest absolute Gasteiger partial charge is 0.0107 e. The van der Waals surface area contributed by atoms with Crippen molar-refractivity contribution < 1.29 is 0 Å². The van der Waals surface area contributed by atoms with Gasteiger partial charge in [-0.2, -0.15) is 0 Å². The number of rotatable bonds is 4. The van der Waals surface area contributed by atoms with E-state index in [1.807, 2.05) is 0 Å². The average molecular weight is 142 g/mol. The number of nitrogens with one attached hydrogen (secondary N) is 1. The maximum Gasteiger partial charge on any atom is 0.0107 e. The van der Waals surface area contributed by atoms with Crippen LogP contribution in [-0.4, -0.2) is 37.1 Å². The summed E-state index contributed by atoms with van der Waals surface area (Å²) in [5.41, 5.74) is 0. The molecule has 2 heteroatoms. The fourth-order valence-electron chi connectivity index (χ4n) is 1.12. The van der Waals surface area contributed by atoms with Gasteiger partial charge in [0.1, 0.15) is 0 Å². The van der Waals surface area contributed by atoms with E-state index in [0.29, 0.717) is 6.04 Å². The third kappa shape index (κ3) is 2.67. The molecule has 0 aromatic heterocycles. The molecule has 0 atom stereocenters. The molecule has 0 bridgehead atoms. The van der Waals surface area contributed by atoms with Gasteiger partial charge in [0.25, 0.3) is 0 Å². The highest BCUT2D eigenvalue weighted by Gasteiger charge is 2.11. The maximum absolute atomic E-state index is 3.40. The maximum atomic E-state index is 3.40. The Hall–Kier alpha value is -0.0800. The summed E-state index contributed by atoms with van der Waals surface area (Å²) in [6.45, 7) is 9.40. The molecule has 0 amide bonds. The molecule has 0 spiro atoms. The molecule has 1 saturated heterocycles. The van der Waals surface area contributed by atoms with Gasteiger partial charge in [-0.25, -0.2) is 0 Å². The molecule has 1 rings (SSSR count). The molecule has 1 aliphatic heterocycles. The van der Waals surface area contributed by atoms with Gasteiger partial charge in [0.2, 0.25) is 0 Å². The standard InChI is InChI=1S/C8H18N2/c1-8(2)9-4-7-10-5-3-6-10/h8-9H,3-7H2,1-2H3. The minimum Gasteiger partial charge on any atom is -0.313 e. The Morgan fingerprint density at radius 1 is 1.40 bits per heavy atom. The molecule has 2 nitrogen and oxygen atoms in total. The van der Waals surface area contributed by atoms with Crippen molar-refractivity contribution >= 4 is 0 Å². The lowest BCUT2D eigenvalue weighted by Gasteiger charge is -2.30. The molecule has 1 N–H and O–H groups in total. The highest BCUT2D eigenvalue weighted by Crippen LogP contribution is 2.02. The Kier molecular flexibility index (Phi) is 3.16. The minimum atomic E-state index is 0.640. The first-order valence-corrected chi connectivity index (χ1v) is 4.25. The Labute approximate surface area is 63.6 Å². The lowest BCUT2D eigenvalue weighted by molar-refractivity contribution is 0.181. The molecule has 0 aromatic rings. The van der Waals surface area contributed by atoms with Gasteiger partial charge in [0.15, 0.2) is 0 Å². The summed E-state index contributed by atoms with van der Waals surface area (Å²) < 4.78 is 0. The summed E-state index contributed by atoms with van der Waals surface area (Å²) in [5.74, 6) is 0. The molecular formula is C8H18N2. The molecule has 60 valence electrons. The predicted octanol–water partition coefficient (Wildman–Crippen LogP) is 0.690. The van der Waals surface area contributed by atoms with E-state index in [9.17, 15) is 0 Å². The summed E-state index contributed by atoms with van der Waals surface area (Å²) in [6, 6.07) is 0.640. The zero-order chi connectivity index (χ0) is 7.40. The second-order valence-electron chi connectivity index (χ2n) is 3.30. The van der Waals surface area contributed by atoms with E-state index in [2.05, 4.69) is 24.1 Å². The first-order valence-electron chi connectivity index (χ1n) is 4.25. The molecule has 10 heavy (non-hydrogen) atoms. The van der Waals surface area contributed by atoms with E-state index in [1.165, 1.54) is 26.1 Å². The van der Waals surface area contributed by atoms with Crippen LogP contribution in [0.4, 0.5) is 0 Å². The van der Waals surface area contributed by atoms with Crippen molar-refractivity contribution in [3.8, 4) is 0 Å². The molecule has 1 aliphatic rings. The largest absolute Gasteiger partial charge is 0.313 e. The van der Waals surface area contributed by atoms with Crippen molar-refractivity contribution in [2.24, 2.45) is 0 Å². The number of likely N-dealkylation sites (tertiary alicyclic amines) is 1. The fourth-order valence-corrected chi connectivity index (χ4v) is 1.12. The van der Waals surface area contributed by atoms with E-state index in [-0.39, 0.29) is 0 Å². The third-order valence-electron chi connectivity index (χ3n) is 1.93. The molecule has 0 aliphatic carbocycles. The Morgan fingerprint density at radius 2 is 2.10 bits per heavy atom. The molecular weight excluding hydrogens is 124 g/mol. The molecule has 0 saturated carbocycles. The van der Waals surface area contributed by atoms with Gasteiger partial charge in [0.05, 0.1) is 0 Å². The number of nitrogens with zero attached hydrogens (tertiary/aromatic N) is 1. The second-order valence-corrected chi connectivity index (χ2v) is 3.30. The van der Waals surface area contributed by atoms with Crippen LogP contribution in [0.3, 0.4) is 0 Å². The van der Waals surface area contributed by atoms with Gasteiger partial charge in [-0.1, -0.05) is 13.8 Å². The monoisotopic (exact) mass is 142 g/mol. The average Bonchev–Trinajstić information content (AvgIpc) is 1.75. The molecule has 0 unspecified atom stereocenters. The first kappa shape index (κ1) is 8.02. The fraction of sp³-hybridized carbons (Fsp3) is 1.00. The van der Waals surface area contributed by atoms with Gasteiger partial charge in [0, 0.05) is 19.1 Å². The van der Waals surface area contributed by atoms with Crippen LogP contribution in [-0.2, 0) is 0 Å². The van der Waals surface area contributed by atoms with Crippen LogP contribution in [0, 0.1) is 0 Å². The highest BCUT2D eigenvalue weighted by atomic mass is 15.2. The van der Waals surface area contributed by atoms with Crippen molar-refractivity contribution in [1.82, 2.24) is 10.2 Å². The highest BCUT2D eigenvalue weighted by molar-refractivity contribution is 4.69. The van der Waals surface area contributed by atoms with E-state index >= 15 is 0 Å². The third-order valence-corrected chi connectivity index (χ3v) is 1.93. The summed E-state index contributed by atoms with van der Waals surface area (Å²) in [7, 11) is 0. The summed E-state index contributed by atoms with van der Waals surface area (Å²) >= 11 is 0. The van der Waals surface area contributed by atoms with E-state index in [0.717, 1.165) is 6.54 Å². The molecule has 1 heterocycles. The lowest BCUT2D eigenvalue weighted by Crippen LogP contribution is -2.42. The summed E-state index contributed by atoms with van der Waals surface area (Å²) in [5, 5.41) is 3.40. The van der Waals surface area contributed by atoms with Gasteiger partial charge < -0.3 is 10.2 Å². The SMILES string of the molecule is CC(C)NCCN1CCC1. The van der Waals surface area contributed by atoms with Crippen molar-refractivity contribution in [2.45, 2.75) is 26.3 Å². The first-order chi connectivity index (χ1) is 4.79.